The molecule has 0 aromatic heterocycles. The number of phenolic OH excluding ortho intramolecular Hbond substituents is 1. The highest BCUT2D eigenvalue weighted by molar-refractivity contribution is 7.92. The van der Waals surface area contributed by atoms with E-state index in [1.54, 1.807) is 12.1 Å². The van der Waals surface area contributed by atoms with Gasteiger partial charge in [0.2, 0.25) is 10.0 Å². The Hall–Kier alpha value is -1.27. The van der Waals surface area contributed by atoms with Crippen molar-refractivity contribution < 1.29 is 18.3 Å². The number of aromatic hydroxyl groups is 1. The number of sulfonamides is 1. The molecule has 2 N–H and O–H groups in total. The molecule has 0 aliphatic carbocycles. The quantitative estimate of drug-likeness (QED) is 0.582. The van der Waals surface area contributed by atoms with Gasteiger partial charge < -0.3 is 9.84 Å². The summed E-state index contributed by atoms with van der Waals surface area (Å²) in [5.74, 6) is -0.118. The summed E-state index contributed by atoms with van der Waals surface area (Å²) in [4.78, 5) is 0. The molecular formula is C10H15NO4S. The van der Waals surface area contributed by atoms with Crippen LogP contribution in [0.25, 0.3) is 0 Å². The van der Waals surface area contributed by atoms with Gasteiger partial charge in [0, 0.05) is 13.7 Å². The fraction of sp³-hybridized carbons (Fsp3) is 0.400. The van der Waals surface area contributed by atoms with Crippen LogP contribution in [0.5, 0.6) is 5.75 Å². The van der Waals surface area contributed by atoms with E-state index in [-0.39, 0.29) is 17.2 Å². The lowest BCUT2D eigenvalue weighted by Gasteiger charge is -2.08. The van der Waals surface area contributed by atoms with E-state index in [1.807, 2.05) is 0 Å². The van der Waals surface area contributed by atoms with E-state index in [0.717, 1.165) is 0 Å². The van der Waals surface area contributed by atoms with E-state index in [4.69, 9.17) is 4.74 Å². The summed E-state index contributed by atoms with van der Waals surface area (Å²) in [5.41, 5.74) is 0.194. The molecule has 0 saturated carbocycles. The fourth-order valence-electron chi connectivity index (χ4n) is 1.17. The first kappa shape index (κ1) is 12.8. The van der Waals surface area contributed by atoms with E-state index < -0.39 is 10.0 Å². The van der Waals surface area contributed by atoms with Crippen molar-refractivity contribution in [3.8, 4) is 5.75 Å². The van der Waals surface area contributed by atoms with Gasteiger partial charge in [-0.2, -0.15) is 0 Å². The number of para-hydroxylation sites is 2. The molecule has 6 heteroatoms. The highest BCUT2D eigenvalue weighted by Crippen LogP contribution is 2.22. The molecule has 1 rings (SSSR count). The fourth-order valence-corrected chi connectivity index (χ4v) is 2.28. The van der Waals surface area contributed by atoms with Gasteiger partial charge in [0.15, 0.2) is 0 Å². The maximum absolute atomic E-state index is 11.5. The highest BCUT2D eigenvalue weighted by atomic mass is 32.2. The maximum atomic E-state index is 11.5. The first-order valence-electron chi connectivity index (χ1n) is 4.82. The van der Waals surface area contributed by atoms with Crippen molar-refractivity contribution in [2.24, 2.45) is 0 Å². The molecule has 16 heavy (non-hydrogen) atoms. The van der Waals surface area contributed by atoms with Gasteiger partial charge >= 0.3 is 0 Å². The molecule has 0 unspecified atom stereocenters. The average molecular weight is 245 g/mol. The largest absolute Gasteiger partial charge is 0.506 e. The molecule has 5 nitrogen and oxygen atoms in total. The molecule has 0 bridgehead atoms. The summed E-state index contributed by atoms with van der Waals surface area (Å²) >= 11 is 0. The molecule has 1 aromatic rings. The summed E-state index contributed by atoms with van der Waals surface area (Å²) in [6, 6.07) is 6.20. The molecule has 0 spiro atoms. The number of methoxy groups -OCH3 is 1. The van der Waals surface area contributed by atoms with E-state index >= 15 is 0 Å². The SMILES string of the molecule is COCCCS(=O)(=O)Nc1ccccc1O. The Morgan fingerprint density at radius 2 is 2.06 bits per heavy atom. The molecule has 0 radical (unpaired) electrons. The molecule has 0 atom stereocenters. The minimum Gasteiger partial charge on any atom is -0.506 e. The lowest BCUT2D eigenvalue weighted by atomic mass is 10.3. The lowest BCUT2D eigenvalue weighted by Crippen LogP contribution is -2.17. The molecule has 0 amide bonds. The number of anilines is 1. The average Bonchev–Trinajstić information content (AvgIpc) is 2.21. The van der Waals surface area contributed by atoms with Crippen LogP contribution in [0.3, 0.4) is 0 Å². The van der Waals surface area contributed by atoms with Crippen molar-refractivity contribution in [1.29, 1.82) is 0 Å². The monoisotopic (exact) mass is 245 g/mol. The zero-order valence-electron chi connectivity index (χ0n) is 9.01. The first-order chi connectivity index (χ1) is 7.55. The molecule has 0 aliphatic heterocycles. The van der Waals surface area contributed by atoms with Crippen LogP contribution < -0.4 is 4.72 Å². The van der Waals surface area contributed by atoms with Gasteiger partial charge in [-0.1, -0.05) is 12.1 Å². The summed E-state index contributed by atoms with van der Waals surface area (Å²) in [6.45, 7) is 0.391. The summed E-state index contributed by atoms with van der Waals surface area (Å²) in [5, 5.41) is 9.39. The van der Waals surface area contributed by atoms with Crippen molar-refractivity contribution in [2.75, 3.05) is 24.2 Å². The van der Waals surface area contributed by atoms with Crippen molar-refractivity contribution >= 4 is 15.7 Å². The Balaban J connectivity index is 2.63. The molecule has 0 saturated heterocycles. The van der Waals surface area contributed by atoms with Crippen LogP contribution >= 0.6 is 0 Å². The van der Waals surface area contributed by atoms with Gasteiger partial charge in [0.25, 0.3) is 0 Å². The number of phenols is 1. The van der Waals surface area contributed by atoms with Crippen molar-refractivity contribution in [1.82, 2.24) is 0 Å². The van der Waals surface area contributed by atoms with Crippen LogP contribution in [-0.2, 0) is 14.8 Å². The molecule has 0 aliphatic rings. The highest BCUT2D eigenvalue weighted by Gasteiger charge is 2.11. The Morgan fingerprint density at radius 3 is 2.69 bits per heavy atom. The third kappa shape index (κ3) is 4.08. The Kier molecular flexibility index (Phi) is 4.57. The van der Waals surface area contributed by atoms with Crippen LogP contribution in [0.2, 0.25) is 0 Å². The smallest absolute Gasteiger partial charge is 0.232 e. The minimum atomic E-state index is -3.42. The van der Waals surface area contributed by atoms with Crippen LogP contribution in [0.1, 0.15) is 6.42 Å². The predicted molar refractivity (Wildman–Crippen MR) is 62.0 cm³/mol. The van der Waals surface area contributed by atoms with Crippen molar-refractivity contribution in [3.05, 3.63) is 24.3 Å². The third-order valence-electron chi connectivity index (χ3n) is 1.93. The predicted octanol–water partition coefficient (Wildman–Crippen LogP) is 1.17. The van der Waals surface area contributed by atoms with Crippen LogP contribution in [-0.4, -0.2) is 33.0 Å². The lowest BCUT2D eigenvalue weighted by molar-refractivity contribution is 0.199. The molecular weight excluding hydrogens is 230 g/mol. The Labute approximate surface area is 95.1 Å². The van der Waals surface area contributed by atoms with Gasteiger partial charge in [-0.15, -0.1) is 0 Å². The van der Waals surface area contributed by atoms with Gasteiger partial charge in [-0.05, 0) is 18.6 Å². The summed E-state index contributed by atoms with van der Waals surface area (Å²) in [7, 11) is -1.90. The molecule has 0 heterocycles. The Bertz CT molecular complexity index is 430. The maximum Gasteiger partial charge on any atom is 0.232 e. The van der Waals surface area contributed by atoms with Crippen LogP contribution in [0, 0.1) is 0 Å². The van der Waals surface area contributed by atoms with E-state index in [2.05, 4.69) is 4.72 Å². The van der Waals surface area contributed by atoms with E-state index in [9.17, 15) is 13.5 Å². The number of hydrogen-bond acceptors (Lipinski definition) is 4. The second-order valence-electron chi connectivity index (χ2n) is 3.28. The zero-order chi connectivity index (χ0) is 12.0. The molecule has 90 valence electrons. The number of ether oxygens (including phenoxy) is 1. The second kappa shape index (κ2) is 5.72. The zero-order valence-corrected chi connectivity index (χ0v) is 9.83. The number of hydrogen-bond donors (Lipinski definition) is 2. The summed E-state index contributed by atoms with van der Waals surface area (Å²) < 4.78 is 30.2. The Morgan fingerprint density at radius 1 is 1.38 bits per heavy atom. The number of nitrogens with one attached hydrogen (secondary N) is 1. The van der Waals surface area contributed by atoms with E-state index in [0.29, 0.717) is 13.0 Å². The third-order valence-corrected chi connectivity index (χ3v) is 3.29. The van der Waals surface area contributed by atoms with E-state index in [1.165, 1.54) is 19.2 Å². The summed E-state index contributed by atoms with van der Waals surface area (Å²) in [6.07, 6.45) is 0.416. The van der Waals surface area contributed by atoms with Crippen molar-refractivity contribution in [2.45, 2.75) is 6.42 Å². The van der Waals surface area contributed by atoms with Crippen LogP contribution in [0.15, 0.2) is 24.3 Å². The minimum absolute atomic E-state index is 0.0326. The topological polar surface area (TPSA) is 75.6 Å². The van der Waals surface area contributed by atoms with Gasteiger partial charge in [0.1, 0.15) is 5.75 Å². The molecule has 1 aromatic carbocycles. The van der Waals surface area contributed by atoms with Crippen molar-refractivity contribution in [3.63, 3.8) is 0 Å². The second-order valence-corrected chi connectivity index (χ2v) is 5.13. The van der Waals surface area contributed by atoms with Crippen LogP contribution in [0.4, 0.5) is 5.69 Å². The first-order valence-corrected chi connectivity index (χ1v) is 6.48. The number of rotatable bonds is 6. The van der Waals surface area contributed by atoms with Gasteiger partial charge in [-0.3, -0.25) is 4.72 Å². The number of benzene rings is 1. The van der Waals surface area contributed by atoms with Gasteiger partial charge in [-0.25, -0.2) is 8.42 Å². The van der Waals surface area contributed by atoms with Gasteiger partial charge in [0.05, 0.1) is 11.4 Å². The standard InChI is InChI=1S/C10H15NO4S/c1-15-7-4-8-16(13,14)11-9-5-2-3-6-10(9)12/h2-3,5-6,11-12H,4,7-8H2,1H3. The normalized spacial score (nSPS) is 11.3. The molecule has 0 fully saturated rings.